The molecule has 7 N–H and O–H groups in total. The Morgan fingerprint density at radius 3 is 1.69 bits per heavy atom. The van der Waals surface area contributed by atoms with E-state index in [2.05, 4.69) is 36.3 Å². The predicted molar refractivity (Wildman–Crippen MR) is 241 cm³/mol. The SMILES string of the molecule is CCn1nc(C)cc1C(=O)Nc1nc2cc(C(N)=O)cc(OC)c2n1C/C=C/Cn1c(NC(=O)c2cc(C)nn2CC)nc2cc(C(N)=O)cc(OC/C=C/Cn3ncc(CNC)n3)c21. The number of rotatable bonds is 20. The number of primary amides is 2. The Morgan fingerprint density at radius 1 is 0.692 bits per heavy atom. The minimum absolute atomic E-state index is 0.0970. The summed E-state index contributed by atoms with van der Waals surface area (Å²) in [5.41, 5.74) is 16.2. The summed E-state index contributed by atoms with van der Waals surface area (Å²) in [4.78, 5) is 63.4. The standard InChI is InChI=1S/C43H50N16O6/c1-7-57-32(17-25(3)52-57)40(62)50-42-48-30-19-27(38(44)60)21-34(64-6)36(30)55(42)13-9-10-14-56-37-31(49-43(56)51-41(63)33-18-26(4)53-58(33)8-2)20-28(39(45)61)22-35(37)65-16-12-11-15-59-47-24-29(54-59)23-46-5/h9-12,17-22,24,46H,7-8,13-16,23H2,1-6H3,(H2,44,60)(H2,45,61)(H,48,50,62)(H,49,51,63)/b10-9+,12-11+. The van der Waals surface area contributed by atoms with Crippen LogP contribution in [0.3, 0.4) is 0 Å². The van der Waals surface area contributed by atoms with Gasteiger partial charge in [-0.2, -0.15) is 25.2 Å². The molecule has 0 spiro atoms. The third-order valence-electron chi connectivity index (χ3n) is 10.2. The summed E-state index contributed by atoms with van der Waals surface area (Å²) in [5, 5.41) is 26.4. The van der Waals surface area contributed by atoms with Gasteiger partial charge in [-0.25, -0.2) is 9.97 Å². The fraction of sp³-hybridized carbons (Fsp3) is 0.302. The highest BCUT2D eigenvalue weighted by Crippen LogP contribution is 2.33. The number of benzene rings is 2. The van der Waals surface area contributed by atoms with Crippen LogP contribution in [0.15, 0.2) is 66.9 Å². The van der Waals surface area contributed by atoms with Crippen LogP contribution in [0.1, 0.15) is 72.6 Å². The first-order chi connectivity index (χ1) is 31.3. The molecule has 0 radical (unpaired) electrons. The highest BCUT2D eigenvalue weighted by Gasteiger charge is 2.24. The lowest BCUT2D eigenvalue weighted by Crippen LogP contribution is -2.20. The number of aromatic nitrogens is 11. The van der Waals surface area contributed by atoms with Gasteiger partial charge in [-0.3, -0.25) is 39.2 Å². The normalized spacial score (nSPS) is 11.7. The first-order valence-electron chi connectivity index (χ1n) is 20.7. The Hall–Kier alpha value is -8.14. The molecule has 338 valence electrons. The van der Waals surface area contributed by atoms with Crippen LogP contribution in [0.5, 0.6) is 11.5 Å². The predicted octanol–water partition coefficient (Wildman–Crippen LogP) is 3.35. The smallest absolute Gasteiger partial charge is 0.276 e. The van der Waals surface area contributed by atoms with Gasteiger partial charge in [0.1, 0.15) is 40.5 Å². The highest BCUT2D eigenvalue weighted by molar-refractivity contribution is 6.05. The number of amides is 4. The number of methoxy groups -OCH3 is 1. The Morgan fingerprint density at radius 2 is 1.20 bits per heavy atom. The average Bonchev–Trinajstić information content (AvgIpc) is 4.12. The number of nitrogens with zero attached hydrogens (tertiary/aromatic N) is 11. The maximum atomic E-state index is 13.8. The van der Waals surface area contributed by atoms with Crippen molar-refractivity contribution in [2.75, 3.05) is 31.4 Å². The maximum Gasteiger partial charge on any atom is 0.276 e. The van der Waals surface area contributed by atoms with Crippen LogP contribution in [-0.4, -0.2) is 98.1 Å². The van der Waals surface area contributed by atoms with Gasteiger partial charge in [0.15, 0.2) is 0 Å². The molecule has 5 heterocycles. The van der Waals surface area contributed by atoms with E-state index in [1.165, 1.54) is 31.4 Å². The maximum absolute atomic E-state index is 13.8. The summed E-state index contributed by atoms with van der Waals surface area (Å²) in [6, 6.07) is 9.47. The lowest BCUT2D eigenvalue weighted by Gasteiger charge is -2.13. The van der Waals surface area contributed by atoms with E-state index in [4.69, 9.17) is 30.9 Å². The van der Waals surface area contributed by atoms with Crippen LogP contribution in [0.2, 0.25) is 0 Å². The van der Waals surface area contributed by atoms with Crippen LogP contribution in [0.25, 0.3) is 22.1 Å². The van der Waals surface area contributed by atoms with Crippen molar-refractivity contribution in [3.05, 3.63) is 106 Å². The molecule has 2 aromatic carbocycles. The van der Waals surface area contributed by atoms with E-state index in [0.29, 0.717) is 76.8 Å². The lowest BCUT2D eigenvalue weighted by molar-refractivity contribution is 0.0991. The highest BCUT2D eigenvalue weighted by atomic mass is 16.5. The van der Waals surface area contributed by atoms with E-state index < -0.39 is 23.6 Å². The Balaban J connectivity index is 1.25. The number of hydrogen-bond donors (Lipinski definition) is 5. The number of carbonyl (C=O) groups excluding carboxylic acids is 4. The van der Waals surface area contributed by atoms with Crippen LogP contribution >= 0.6 is 0 Å². The second-order valence-electron chi connectivity index (χ2n) is 14.8. The van der Waals surface area contributed by atoms with Crippen molar-refractivity contribution in [3.8, 4) is 11.5 Å². The van der Waals surface area contributed by atoms with Gasteiger partial charge in [0, 0.05) is 43.9 Å². The molecule has 0 unspecified atom stereocenters. The Kier molecular flexibility index (Phi) is 13.5. The Labute approximate surface area is 372 Å². The molecule has 4 amide bonds. The zero-order chi connectivity index (χ0) is 46.4. The van der Waals surface area contributed by atoms with Crippen molar-refractivity contribution in [2.24, 2.45) is 11.5 Å². The number of aryl methyl sites for hydroxylation is 4. The number of hydrogen-bond acceptors (Lipinski definition) is 13. The summed E-state index contributed by atoms with van der Waals surface area (Å²) >= 11 is 0. The number of ether oxygens (including phenoxy) is 2. The second-order valence-corrected chi connectivity index (χ2v) is 14.8. The molecule has 0 aliphatic rings. The van der Waals surface area contributed by atoms with Crippen LogP contribution < -0.4 is 36.9 Å². The molecule has 7 rings (SSSR count). The summed E-state index contributed by atoms with van der Waals surface area (Å²) < 4.78 is 18.6. The second kappa shape index (κ2) is 19.5. The average molecular weight is 887 g/mol. The largest absolute Gasteiger partial charge is 0.494 e. The number of carbonyl (C=O) groups is 4. The fourth-order valence-corrected chi connectivity index (χ4v) is 7.24. The van der Waals surface area contributed by atoms with Crippen molar-refractivity contribution in [1.29, 1.82) is 0 Å². The van der Waals surface area contributed by atoms with Gasteiger partial charge < -0.3 is 35.4 Å². The van der Waals surface area contributed by atoms with Gasteiger partial charge in [-0.1, -0.05) is 18.2 Å². The topological polar surface area (TPSA) is 277 Å². The number of imidazole rings is 2. The summed E-state index contributed by atoms with van der Waals surface area (Å²) in [7, 11) is 3.29. The van der Waals surface area contributed by atoms with Crippen molar-refractivity contribution in [3.63, 3.8) is 0 Å². The van der Waals surface area contributed by atoms with Gasteiger partial charge in [0.25, 0.3) is 11.8 Å². The number of nitrogens with two attached hydrogens (primary N) is 2. The number of nitrogens with one attached hydrogen (secondary N) is 3. The molecule has 0 aliphatic carbocycles. The van der Waals surface area contributed by atoms with Crippen molar-refractivity contribution >= 4 is 57.6 Å². The lowest BCUT2D eigenvalue weighted by atomic mass is 10.1. The fourth-order valence-electron chi connectivity index (χ4n) is 7.24. The van der Waals surface area contributed by atoms with Crippen molar-refractivity contribution < 1.29 is 28.7 Å². The molecule has 22 nitrogen and oxygen atoms in total. The van der Waals surface area contributed by atoms with E-state index in [9.17, 15) is 19.2 Å². The monoisotopic (exact) mass is 886 g/mol. The third-order valence-corrected chi connectivity index (χ3v) is 10.2. The zero-order valence-electron chi connectivity index (χ0n) is 36.8. The molecule has 0 bridgehead atoms. The van der Waals surface area contributed by atoms with Crippen LogP contribution in [0.4, 0.5) is 11.9 Å². The molecule has 5 aromatic heterocycles. The first kappa shape index (κ1) is 44.9. The van der Waals surface area contributed by atoms with Crippen LogP contribution in [-0.2, 0) is 39.3 Å². The number of fused-ring (bicyclic) bond motifs is 2. The Bertz CT molecular complexity index is 2980. The van der Waals surface area contributed by atoms with Crippen LogP contribution in [0, 0.1) is 13.8 Å². The summed E-state index contributed by atoms with van der Waals surface area (Å²) in [5.74, 6) is -1.35. The van der Waals surface area contributed by atoms with Crippen molar-refractivity contribution in [1.82, 2.24) is 59.0 Å². The molecule has 65 heavy (non-hydrogen) atoms. The van der Waals surface area contributed by atoms with Gasteiger partial charge >= 0.3 is 0 Å². The van der Waals surface area contributed by atoms with Gasteiger partial charge in [-0.05, 0) is 77.2 Å². The minimum Gasteiger partial charge on any atom is -0.494 e. The van der Waals surface area contributed by atoms with E-state index in [0.717, 1.165) is 5.69 Å². The van der Waals surface area contributed by atoms with E-state index in [1.807, 2.05) is 39.1 Å². The van der Waals surface area contributed by atoms with Gasteiger partial charge in [-0.15, -0.1) is 0 Å². The quantitative estimate of drug-likeness (QED) is 0.0688. The number of allylic oxidation sites excluding steroid dienone is 3. The molecule has 7 aromatic rings. The van der Waals surface area contributed by atoms with E-state index >= 15 is 0 Å². The zero-order valence-corrected chi connectivity index (χ0v) is 36.8. The van der Waals surface area contributed by atoms with Crippen molar-refractivity contribution in [2.45, 2.75) is 67.0 Å². The molecule has 0 saturated heterocycles. The molecule has 22 heteroatoms. The minimum atomic E-state index is -0.695. The molecule has 0 fully saturated rings. The molecule has 0 aliphatic heterocycles. The summed E-state index contributed by atoms with van der Waals surface area (Å²) in [6.45, 7) is 9.65. The van der Waals surface area contributed by atoms with E-state index in [-0.39, 0.29) is 48.5 Å². The van der Waals surface area contributed by atoms with Gasteiger partial charge in [0.2, 0.25) is 23.7 Å². The molecular formula is C43H50N16O6. The van der Waals surface area contributed by atoms with Gasteiger partial charge in [0.05, 0.1) is 48.0 Å². The summed E-state index contributed by atoms with van der Waals surface area (Å²) in [6.07, 6.45) is 9.00. The molecule has 0 saturated carbocycles. The number of anilines is 2. The third kappa shape index (κ3) is 9.76. The van der Waals surface area contributed by atoms with E-state index in [1.54, 1.807) is 61.5 Å². The molecular weight excluding hydrogens is 837 g/mol. The molecule has 0 atom stereocenters. The first-order valence-corrected chi connectivity index (χ1v) is 20.7.